The second kappa shape index (κ2) is 7.80. The molecule has 0 aromatic heterocycles. The number of nitrogens with zero attached hydrogens (tertiary/aromatic N) is 2. The first-order valence-corrected chi connectivity index (χ1v) is 11.7. The fraction of sp³-hybridized carbons (Fsp3) is 0.350. The number of methoxy groups -OCH3 is 1. The highest BCUT2D eigenvalue weighted by Gasteiger charge is 2.49. The molecular formula is C20H20Cl2N2O4S. The number of fused-ring (bicyclic) bond motifs is 1. The number of hydrogen-bond acceptors (Lipinski definition) is 5. The standard InChI is InChI=1S/C20H20Cl2N2O4S/c1-28-19-7-6-14(8-16(19)22)24-18-12-29(26,27)11-17(18)23(10-20(24)25)9-13-4-2-3-5-15(13)21/h2-8,17-18H,9-12H2,1H3. The number of halogens is 2. The summed E-state index contributed by atoms with van der Waals surface area (Å²) in [7, 11) is -1.76. The average Bonchev–Trinajstić information content (AvgIpc) is 2.98. The Kier molecular flexibility index (Phi) is 5.50. The molecule has 2 aliphatic heterocycles. The van der Waals surface area contributed by atoms with Gasteiger partial charge in [-0.05, 0) is 29.8 Å². The van der Waals surface area contributed by atoms with Crippen LogP contribution in [-0.4, -0.2) is 56.5 Å². The van der Waals surface area contributed by atoms with Crippen molar-refractivity contribution < 1.29 is 17.9 Å². The van der Waals surface area contributed by atoms with Crippen LogP contribution in [0.4, 0.5) is 5.69 Å². The third kappa shape index (κ3) is 3.97. The number of sulfone groups is 1. The molecule has 2 saturated heterocycles. The molecule has 2 atom stereocenters. The monoisotopic (exact) mass is 454 g/mol. The first-order valence-electron chi connectivity index (χ1n) is 9.12. The van der Waals surface area contributed by atoms with Crippen molar-refractivity contribution in [2.24, 2.45) is 0 Å². The van der Waals surface area contributed by atoms with Crippen LogP contribution in [-0.2, 0) is 21.2 Å². The minimum absolute atomic E-state index is 0.00971. The van der Waals surface area contributed by atoms with Crippen molar-refractivity contribution in [3.05, 3.63) is 58.1 Å². The van der Waals surface area contributed by atoms with Crippen molar-refractivity contribution in [2.45, 2.75) is 18.6 Å². The van der Waals surface area contributed by atoms with Crippen LogP contribution in [0.25, 0.3) is 0 Å². The number of carbonyl (C=O) groups is 1. The van der Waals surface area contributed by atoms with E-state index in [0.29, 0.717) is 28.0 Å². The Labute approximate surface area is 179 Å². The molecule has 0 bridgehead atoms. The first kappa shape index (κ1) is 20.5. The van der Waals surface area contributed by atoms with Gasteiger partial charge >= 0.3 is 0 Å². The number of amides is 1. The van der Waals surface area contributed by atoms with E-state index >= 15 is 0 Å². The summed E-state index contributed by atoms with van der Waals surface area (Å²) in [5.41, 5.74) is 1.44. The van der Waals surface area contributed by atoms with Crippen molar-refractivity contribution in [3.63, 3.8) is 0 Å². The Balaban J connectivity index is 1.68. The maximum absolute atomic E-state index is 13.1. The van der Waals surface area contributed by atoms with Gasteiger partial charge < -0.3 is 9.64 Å². The fourth-order valence-electron chi connectivity index (χ4n) is 4.12. The van der Waals surface area contributed by atoms with Crippen LogP contribution in [0, 0.1) is 0 Å². The van der Waals surface area contributed by atoms with Crippen molar-refractivity contribution >= 4 is 44.6 Å². The third-order valence-corrected chi connectivity index (χ3v) is 7.81. The summed E-state index contributed by atoms with van der Waals surface area (Å²) >= 11 is 12.5. The van der Waals surface area contributed by atoms with E-state index in [-0.39, 0.29) is 30.0 Å². The Morgan fingerprint density at radius 2 is 1.79 bits per heavy atom. The minimum atomic E-state index is -3.28. The topological polar surface area (TPSA) is 66.9 Å². The lowest BCUT2D eigenvalue weighted by molar-refractivity contribution is -0.123. The molecule has 154 valence electrons. The van der Waals surface area contributed by atoms with Crippen LogP contribution in [0.2, 0.25) is 10.0 Å². The number of piperazine rings is 1. The van der Waals surface area contributed by atoms with Gasteiger partial charge in [0.1, 0.15) is 5.75 Å². The maximum atomic E-state index is 13.1. The number of carbonyl (C=O) groups excluding carboxylic acids is 1. The molecule has 0 radical (unpaired) electrons. The van der Waals surface area contributed by atoms with Gasteiger partial charge in [-0.25, -0.2) is 8.42 Å². The van der Waals surface area contributed by atoms with Crippen molar-refractivity contribution in [1.29, 1.82) is 0 Å². The Morgan fingerprint density at radius 3 is 2.48 bits per heavy atom. The second-order valence-electron chi connectivity index (χ2n) is 7.29. The molecule has 0 spiro atoms. The van der Waals surface area contributed by atoms with Crippen molar-refractivity contribution in [2.75, 3.05) is 30.1 Å². The van der Waals surface area contributed by atoms with E-state index < -0.39 is 15.9 Å². The van der Waals surface area contributed by atoms with Gasteiger partial charge in [-0.15, -0.1) is 0 Å². The Morgan fingerprint density at radius 1 is 1.07 bits per heavy atom. The summed E-state index contributed by atoms with van der Waals surface area (Å²) in [6, 6.07) is 11.7. The predicted molar refractivity (Wildman–Crippen MR) is 114 cm³/mol. The molecule has 9 heteroatoms. The number of anilines is 1. The van der Waals surface area contributed by atoms with Crippen molar-refractivity contribution in [3.8, 4) is 5.75 Å². The van der Waals surface area contributed by atoms with E-state index in [1.165, 1.54) is 7.11 Å². The lowest BCUT2D eigenvalue weighted by Crippen LogP contribution is -2.61. The Hall–Kier alpha value is -1.80. The molecule has 2 unspecified atom stereocenters. The fourth-order valence-corrected chi connectivity index (χ4v) is 6.55. The highest BCUT2D eigenvalue weighted by molar-refractivity contribution is 7.91. The second-order valence-corrected chi connectivity index (χ2v) is 10.3. The first-order chi connectivity index (χ1) is 13.8. The largest absolute Gasteiger partial charge is 0.495 e. The van der Waals surface area contributed by atoms with Gasteiger partial charge in [-0.1, -0.05) is 41.4 Å². The van der Waals surface area contributed by atoms with E-state index in [2.05, 4.69) is 0 Å². The number of rotatable bonds is 4. The van der Waals surface area contributed by atoms with E-state index in [9.17, 15) is 13.2 Å². The van der Waals surface area contributed by atoms with E-state index in [4.69, 9.17) is 27.9 Å². The van der Waals surface area contributed by atoms with Crippen LogP contribution in [0.15, 0.2) is 42.5 Å². The predicted octanol–water partition coefficient (Wildman–Crippen LogP) is 3.02. The summed E-state index contributed by atoms with van der Waals surface area (Å²) in [4.78, 5) is 16.6. The molecule has 0 aliphatic carbocycles. The molecule has 0 saturated carbocycles. The molecule has 2 fully saturated rings. The number of benzene rings is 2. The van der Waals surface area contributed by atoms with Crippen molar-refractivity contribution in [1.82, 2.24) is 4.90 Å². The summed E-state index contributed by atoms with van der Waals surface area (Å²) in [5, 5.41) is 0.968. The SMILES string of the molecule is COc1ccc(N2C(=O)CN(Cc3ccccc3Cl)C3CS(=O)(=O)CC32)cc1Cl. The third-order valence-electron chi connectivity index (χ3n) is 5.45. The lowest BCUT2D eigenvalue weighted by atomic mass is 10.0. The Bertz CT molecular complexity index is 1060. The summed E-state index contributed by atoms with van der Waals surface area (Å²) in [5.74, 6) is 0.259. The smallest absolute Gasteiger partial charge is 0.241 e. The van der Waals surface area contributed by atoms with E-state index in [1.54, 1.807) is 29.2 Å². The molecule has 2 aliphatic rings. The molecular weight excluding hydrogens is 435 g/mol. The van der Waals surface area contributed by atoms with Gasteiger partial charge in [0.2, 0.25) is 5.91 Å². The van der Waals surface area contributed by atoms with Crippen LogP contribution < -0.4 is 9.64 Å². The molecule has 6 nitrogen and oxygen atoms in total. The average molecular weight is 455 g/mol. The maximum Gasteiger partial charge on any atom is 0.241 e. The molecule has 29 heavy (non-hydrogen) atoms. The molecule has 2 aromatic carbocycles. The normalized spacial score (nSPS) is 23.8. The van der Waals surface area contributed by atoms with Gasteiger partial charge in [-0.2, -0.15) is 0 Å². The van der Waals surface area contributed by atoms with Gasteiger partial charge in [0, 0.05) is 23.3 Å². The molecule has 0 N–H and O–H groups in total. The highest BCUT2D eigenvalue weighted by Crippen LogP contribution is 2.36. The molecule has 1 amide bonds. The summed E-state index contributed by atoms with van der Waals surface area (Å²) < 4.78 is 30.1. The summed E-state index contributed by atoms with van der Waals surface area (Å²) in [6.45, 7) is 0.519. The zero-order valence-corrected chi connectivity index (χ0v) is 18.0. The zero-order valence-electron chi connectivity index (χ0n) is 15.7. The molecule has 4 rings (SSSR count). The number of ether oxygens (including phenoxy) is 1. The minimum Gasteiger partial charge on any atom is -0.495 e. The zero-order chi connectivity index (χ0) is 20.8. The van der Waals surface area contributed by atoms with E-state index in [0.717, 1.165) is 5.56 Å². The van der Waals surface area contributed by atoms with Crippen LogP contribution in [0.3, 0.4) is 0 Å². The quantitative estimate of drug-likeness (QED) is 0.709. The van der Waals surface area contributed by atoms with Crippen LogP contribution in [0.5, 0.6) is 5.75 Å². The number of hydrogen-bond donors (Lipinski definition) is 0. The summed E-state index contributed by atoms with van der Waals surface area (Å²) in [6.07, 6.45) is 0. The highest BCUT2D eigenvalue weighted by atomic mass is 35.5. The van der Waals surface area contributed by atoms with Gasteiger partial charge in [0.15, 0.2) is 9.84 Å². The lowest BCUT2D eigenvalue weighted by Gasteiger charge is -2.43. The van der Waals surface area contributed by atoms with E-state index in [1.807, 2.05) is 23.1 Å². The van der Waals surface area contributed by atoms with Gasteiger partial charge in [-0.3, -0.25) is 9.69 Å². The van der Waals surface area contributed by atoms with Crippen LogP contribution >= 0.6 is 23.2 Å². The molecule has 2 heterocycles. The van der Waals surface area contributed by atoms with Gasteiger partial charge in [0.05, 0.1) is 36.2 Å². The van der Waals surface area contributed by atoms with Gasteiger partial charge in [0.25, 0.3) is 0 Å². The van der Waals surface area contributed by atoms with Crippen LogP contribution in [0.1, 0.15) is 5.56 Å². The molecule has 2 aromatic rings.